The van der Waals surface area contributed by atoms with E-state index in [1.807, 2.05) is 42.5 Å². The van der Waals surface area contributed by atoms with E-state index in [2.05, 4.69) is 9.80 Å². The molecule has 1 atom stereocenters. The van der Waals surface area contributed by atoms with E-state index >= 15 is 0 Å². The molecule has 0 aromatic heterocycles. The van der Waals surface area contributed by atoms with Crippen LogP contribution in [-0.4, -0.2) is 35.1 Å². The highest BCUT2D eigenvalue weighted by Crippen LogP contribution is 2.40. The lowest BCUT2D eigenvalue weighted by molar-refractivity contribution is -0.386. The summed E-state index contributed by atoms with van der Waals surface area (Å²) in [6, 6.07) is 21.7. The van der Waals surface area contributed by atoms with Gasteiger partial charge in [0.2, 0.25) is 0 Å². The number of anilines is 1. The van der Waals surface area contributed by atoms with E-state index < -0.39 is 0 Å². The Labute approximate surface area is 174 Å². The van der Waals surface area contributed by atoms with Gasteiger partial charge in [-0.1, -0.05) is 36.4 Å². The number of hydrogen-bond acceptors (Lipinski definition) is 6. The van der Waals surface area contributed by atoms with Crippen LogP contribution in [0.15, 0.2) is 72.8 Å². The molecule has 1 fully saturated rings. The molecule has 4 rings (SSSR count). The molecule has 30 heavy (non-hydrogen) atoms. The molecule has 1 unspecified atom stereocenters. The maximum Gasteiger partial charge on any atom is 0.276 e. The smallest absolute Gasteiger partial charge is 0.276 e. The van der Waals surface area contributed by atoms with Crippen molar-refractivity contribution >= 4 is 11.4 Å². The molecule has 3 aromatic rings. The quantitative estimate of drug-likeness (QED) is 0.486. The average Bonchev–Trinajstić information content (AvgIpc) is 3.18. The number of nitro groups is 1. The zero-order valence-electron chi connectivity index (χ0n) is 16.6. The monoisotopic (exact) mass is 405 g/mol. The van der Waals surface area contributed by atoms with Gasteiger partial charge in [0.05, 0.1) is 17.6 Å². The third kappa shape index (κ3) is 3.79. The van der Waals surface area contributed by atoms with Crippen molar-refractivity contribution in [3.8, 4) is 11.5 Å². The standard InChI is InChI=1S/C23H23N3O4/c1-30-19-9-6-8-18(15-19)25-14-13-24(16-17-7-2-5-12-22(17)27)23(25)20-10-3-4-11-21(20)26(28)29/h2-12,15,23,27H,13-14,16H2,1H3. The molecule has 1 aliphatic heterocycles. The van der Waals surface area contributed by atoms with Gasteiger partial charge in [-0.25, -0.2) is 0 Å². The molecule has 1 aliphatic rings. The van der Waals surface area contributed by atoms with Crippen molar-refractivity contribution in [2.75, 3.05) is 25.1 Å². The number of phenolic OH excluding ortho intramolecular Hbond substituents is 1. The molecule has 1 N–H and O–H groups in total. The molecule has 7 heteroatoms. The zero-order valence-corrected chi connectivity index (χ0v) is 16.6. The van der Waals surface area contributed by atoms with Crippen LogP contribution in [0.25, 0.3) is 0 Å². The van der Waals surface area contributed by atoms with Crippen LogP contribution in [0.3, 0.4) is 0 Å². The molecular formula is C23H23N3O4. The first-order chi connectivity index (χ1) is 14.6. The zero-order chi connectivity index (χ0) is 21.1. The lowest BCUT2D eigenvalue weighted by atomic mass is 10.1. The van der Waals surface area contributed by atoms with Crippen molar-refractivity contribution in [1.82, 2.24) is 4.90 Å². The molecule has 1 heterocycles. The van der Waals surface area contributed by atoms with Gasteiger partial charge in [0.1, 0.15) is 17.7 Å². The summed E-state index contributed by atoms with van der Waals surface area (Å²) in [5.74, 6) is 0.951. The topological polar surface area (TPSA) is 79.1 Å². The molecule has 0 bridgehead atoms. The van der Waals surface area contributed by atoms with Crippen LogP contribution in [-0.2, 0) is 6.54 Å². The first-order valence-corrected chi connectivity index (χ1v) is 9.73. The van der Waals surface area contributed by atoms with Gasteiger partial charge in [-0.3, -0.25) is 15.0 Å². The molecule has 0 radical (unpaired) electrons. The minimum absolute atomic E-state index is 0.0829. The summed E-state index contributed by atoms with van der Waals surface area (Å²) in [5, 5.41) is 22.0. The molecule has 0 saturated carbocycles. The predicted molar refractivity (Wildman–Crippen MR) is 115 cm³/mol. The van der Waals surface area contributed by atoms with E-state index in [1.54, 1.807) is 31.4 Å². The summed E-state index contributed by atoms with van der Waals surface area (Å²) in [7, 11) is 1.62. The highest BCUT2D eigenvalue weighted by atomic mass is 16.6. The largest absolute Gasteiger partial charge is 0.508 e. The summed E-state index contributed by atoms with van der Waals surface area (Å²) in [6.07, 6.45) is -0.349. The molecule has 1 saturated heterocycles. The summed E-state index contributed by atoms with van der Waals surface area (Å²) in [4.78, 5) is 15.7. The van der Waals surface area contributed by atoms with E-state index in [9.17, 15) is 15.2 Å². The third-order valence-corrected chi connectivity index (χ3v) is 5.43. The Morgan fingerprint density at radius 1 is 1.07 bits per heavy atom. The second-order valence-corrected chi connectivity index (χ2v) is 7.18. The van der Waals surface area contributed by atoms with Crippen molar-refractivity contribution in [3.05, 3.63) is 94.0 Å². The van der Waals surface area contributed by atoms with Gasteiger partial charge >= 0.3 is 0 Å². The lowest BCUT2D eigenvalue weighted by Gasteiger charge is -2.32. The van der Waals surface area contributed by atoms with Gasteiger partial charge in [-0.2, -0.15) is 0 Å². The number of benzene rings is 3. The van der Waals surface area contributed by atoms with Gasteiger partial charge in [-0.05, 0) is 24.3 Å². The van der Waals surface area contributed by atoms with Crippen molar-refractivity contribution in [3.63, 3.8) is 0 Å². The Morgan fingerprint density at radius 2 is 1.83 bits per heavy atom. The molecule has 3 aromatic carbocycles. The molecule has 7 nitrogen and oxygen atoms in total. The maximum atomic E-state index is 11.7. The predicted octanol–water partition coefficient (Wildman–Crippen LogP) is 4.33. The number of rotatable bonds is 6. The van der Waals surface area contributed by atoms with Gasteiger partial charge in [-0.15, -0.1) is 0 Å². The van der Waals surface area contributed by atoms with Gasteiger partial charge in [0.25, 0.3) is 5.69 Å². The Hall–Kier alpha value is -3.58. The number of hydrogen-bond donors (Lipinski definition) is 1. The second kappa shape index (κ2) is 8.42. The van der Waals surface area contributed by atoms with Gasteiger partial charge in [0, 0.05) is 43.0 Å². The highest BCUT2D eigenvalue weighted by Gasteiger charge is 2.37. The third-order valence-electron chi connectivity index (χ3n) is 5.43. The van der Waals surface area contributed by atoms with Crippen molar-refractivity contribution in [2.24, 2.45) is 0 Å². The Balaban J connectivity index is 1.78. The lowest BCUT2D eigenvalue weighted by Crippen LogP contribution is -2.31. The van der Waals surface area contributed by atoms with E-state index in [-0.39, 0.29) is 22.5 Å². The Kier molecular flexibility index (Phi) is 5.54. The second-order valence-electron chi connectivity index (χ2n) is 7.18. The highest BCUT2D eigenvalue weighted by molar-refractivity contribution is 5.56. The molecular weight excluding hydrogens is 382 g/mol. The van der Waals surface area contributed by atoms with Crippen LogP contribution in [0.1, 0.15) is 17.3 Å². The number of aromatic hydroxyl groups is 1. The summed E-state index contributed by atoms with van der Waals surface area (Å²) < 4.78 is 5.37. The summed E-state index contributed by atoms with van der Waals surface area (Å²) in [6.45, 7) is 1.86. The fraction of sp³-hybridized carbons (Fsp3) is 0.217. The molecule has 154 valence electrons. The maximum absolute atomic E-state index is 11.7. The molecule has 0 amide bonds. The van der Waals surface area contributed by atoms with Crippen LogP contribution < -0.4 is 9.64 Å². The van der Waals surface area contributed by atoms with Gasteiger partial charge < -0.3 is 14.7 Å². The summed E-state index contributed by atoms with van der Waals surface area (Å²) in [5.41, 5.74) is 2.42. The van der Waals surface area contributed by atoms with E-state index in [1.165, 1.54) is 6.07 Å². The Bertz CT molecular complexity index is 1060. The SMILES string of the molecule is COc1cccc(N2CCN(Cc3ccccc3O)C2c2ccccc2[N+](=O)[O-])c1. The number of nitro benzene ring substituents is 1. The summed E-state index contributed by atoms with van der Waals surface area (Å²) >= 11 is 0. The van der Waals surface area contributed by atoms with E-state index in [4.69, 9.17) is 4.74 Å². The van der Waals surface area contributed by atoms with E-state index in [0.29, 0.717) is 25.2 Å². The number of ether oxygens (including phenoxy) is 1. The van der Waals surface area contributed by atoms with Gasteiger partial charge in [0.15, 0.2) is 0 Å². The van der Waals surface area contributed by atoms with Crippen molar-refractivity contribution in [2.45, 2.75) is 12.7 Å². The number of nitrogens with zero attached hydrogens (tertiary/aromatic N) is 3. The molecule has 0 spiro atoms. The van der Waals surface area contributed by atoms with Crippen LogP contribution >= 0.6 is 0 Å². The normalized spacial score (nSPS) is 16.6. The molecule has 0 aliphatic carbocycles. The average molecular weight is 405 g/mol. The van der Waals surface area contributed by atoms with Crippen LogP contribution in [0.5, 0.6) is 11.5 Å². The first kappa shape index (κ1) is 19.7. The minimum Gasteiger partial charge on any atom is -0.508 e. The minimum atomic E-state index is -0.349. The fourth-order valence-electron chi connectivity index (χ4n) is 4.00. The van der Waals surface area contributed by atoms with Crippen molar-refractivity contribution in [1.29, 1.82) is 0 Å². The number of methoxy groups -OCH3 is 1. The van der Waals surface area contributed by atoms with E-state index in [0.717, 1.165) is 17.0 Å². The van der Waals surface area contributed by atoms with Crippen LogP contribution in [0.2, 0.25) is 0 Å². The van der Waals surface area contributed by atoms with Crippen LogP contribution in [0.4, 0.5) is 11.4 Å². The number of para-hydroxylation sites is 2. The van der Waals surface area contributed by atoms with Crippen molar-refractivity contribution < 1.29 is 14.8 Å². The first-order valence-electron chi connectivity index (χ1n) is 9.73. The fourth-order valence-corrected chi connectivity index (χ4v) is 4.00. The Morgan fingerprint density at radius 3 is 2.60 bits per heavy atom. The van der Waals surface area contributed by atoms with Crippen LogP contribution in [0, 0.1) is 10.1 Å². The number of phenols is 1.